The molecule has 0 aliphatic heterocycles. The van der Waals surface area contributed by atoms with Crippen molar-refractivity contribution in [1.29, 1.82) is 0 Å². The van der Waals surface area contributed by atoms with Crippen molar-refractivity contribution in [2.45, 2.75) is 13.5 Å². The van der Waals surface area contributed by atoms with Crippen LogP contribution in [0.4, 0.5) is 5.69 Å². The standard InChI is InChI=1S/C12H10BrCl2N3/c1-7-17-11(14)10(12(15)18-7)16-6-8-4-2-3-5-9(8)13/h2-5,16H,6H2,1H3. The van der Waals surface area contributed by atoms with E-state index in [2.05, 4.69) is 31.2 Å². The van der Waals surface area contributed by atoms with Crippen molar-refractivity contribution in [2.24, 2.45) is 0 Å². The van der Waals surface area contributed by atoms with E-state index in [-0.39, 0.29) is 0 Å². The van der Waals surface area contributed by atoms with Gasteiger partial charge in [0.05, 0.1) is 0 Å². The highest BCUT2D eigenvalue weighted by Crippen LogP contribution is 2.28. The van der Waals surface area contributed by atoms with Crippen LogP contribution in [-0.4, -0.2) is 9.97 Å². The third kappa shape index (κ3) is 3.13. The van der Waals surface area contributed by atoms with E-state index in [1.807, 2.05) is 24.3 Å². The number of hydrogen-bond donors (Lipinski definition) is 1. The van der Waals surface area contributed by atoms with Crippen molar-refractivity contribution < 1.29 is 0 Å². The number of halogens is 3. The van der Waals surface area contributed by atoms with Gasteiger partial charge in [-0.25, -0.2) is 9.97 Å². The number of anilines is 1. The molecule has 0 bridgehead atoms. The van der Waals surface area contributed by atoms with E-state index < -0.39 is 0 Å². The molecular formula is C12H10BrCl2N3. The average molecular weight is 347 g/mol. The molecule has 6 heteroatoms. The molecule has 0 aliphatic carbocycles. The molecule has 2 aromatic rings. The maximum Gasteiger partial charge on any atom is 0.157 e. The summed E-state index contributed by atoms with van der Waals surface area (Å²) in [6.45, 7) is 2.34. The van der Waals surface area contributed by atoms with Crippen LogP contribution >= 0.6 is 39.1 Å². The van der Waals surface area contributed by atoms with E-state index in [4.69, 9.17) is 23.2 Å². The van der Waals surface area contributed by atoms with E-state index in [0.29, 0.717) is 28.4 Å². The fourth-order valence-electron chi connectivity index (χ4n) is 1.48. The first-order valence-corrected chi connectivity index (χ1v) is 6.79. The second kappa shape index (κ2) is 5.87. The molecule has 0 unspecified atom stereocenters. The minimum Gasteiger partial charge on any atom is -0.376 e. The van der Waals surface area contributed by atoms with Crippen LogP contribution < -0.4 is 5.32 Å². The summed E-state index contributed by atoms with van der Waals surface area (Å²) >= 11 is 15.5. The molecule has 18 heavy (non-hydrogen) atoms. The molecule has 0 fully saturated rings. The Morgan fingerprint density at radius 2 is 1.78 bits per heavy atom. The van der Waals surface area contributed by atoms with Crippen molar-refractivity contribution in [3.8, 4) is 0 Å². The van der Waals surface area contributed by atoms with Crippen LogP contribution in [0, 0.1) is 6.92 Å². The molecule has 1 aromatic heterocycles. The minimum atomic E-state index is 0.333. The van der Waals surface area contributed by atoms with Crippen molar-refractivity contribution in [1.82, 2.24) is 9.97 Å². The van der Waals surface area contributed by atoms with Crippen molar-refractivity contribution in [3.05, 3.63) is 50.4 Å². The Balaban J connectivity index is 2.19. The van der Waals surface area contributed by atoms with Crippen LogP contribution in [-0.2, 0) is 6.54 Å². The number of aromatic nitrogens is 2. The first-order chi connectivity index (χ1) is 8.58. The van der Waals surface area contributed by atoms with Gasteiger partial charge in [-0.2, -0.15) is 0 Å². The van der Waals surface area contributed by atoms with Crippen LogP contribution in [0.25, 0.3) is 0 Å². The van der Waals surface area contributed by atoms with Gasteiger partial charge in [0.2, 0.25) is 0 Å². The maximum atomic E-state index is 6.03. The molecule has 2 rings (SSSR count). The Kier molecular flexibility index (Phi) is 4.43. The highest BCUT2D eigenvalue weighted by molar-refractivity contribution is 9.10. The molecule has 1 aromatic carbocycles. The number of nitrogens with one attached hydrogen (secondary N) is 1. The first-order valence-electron chi connectivity index (χ1n) is 5.25. The fourth-order valence-corrected chi connectivity index (χ4v) is 2.51. The highest BCUT2D eigenvalue weighted by atomic mass is 79.9. The molecule has 0 aliphatic rings. The SMILES string of the molecule is Cc1nc(Cl)c(NCc2ccccc2Br)c(Cl)n1. The van der Waals surface area contributed by atoms with Crippen LogP contribution in [0.1, 0.15) is 11.4 Å². The predicted octanol–water partition coefficient (Wildman–Crippen LogP) is 4.47. The van der Waals surface area contributed by atoms with Crippen LogP contribution in [0.5, 0.6) is 0 Å². The zero-order valence-corrected chi connectivity index (χ0v) is 12.6. The van der Waals surface area contributed by atoms with E-state index in [1.165, 1.54) is 0 Å². The van der Waals surface area contributed by atoms with Gasteiger partial charge in [-0.15, -0.1) is 0 Å². The predicted molar refractivity (Wildman–Crippen MR) is 78.3 cm³/mol. The Morgan fingerprint density at radius 3 is 2.39 bits per heavy atom. The monoisotopic (exact) mass is 345 g/mol. The van der Waals surface area contributed by atoms with E-state index >= 15 is 0 Å². The largest absolute Gasteiger partial charge is 0.376 e. The number of benzene rings is 1. The van der Waals surface area contributed by atoms with Gasteiger partial charge < -0.3 is 5.32 Å². The van der Waals surface area contributed by atoms with Gasteiger partial charge in [-0.1, -0.05) is 57.3 Å². The van der Waals surface area contributed by atoms with Gasteiger partial charge in [-0.3, -0.25) is 0 Å². The van der Waals surface area contributed by atoms with Gasteiger partial charge in [-0.05, 0) is 18.6 Å². The summed E-state index contributed by atoms with van der Waals surface area (Å²) in [6, 6.07) is 7.92. The lowest BCUT2D eigenvalue weighted by Gasteiger charge is -2.10. The zero-order valence-electron chi connectivity index (χ0n) is 9.54. The topological polar surface area (TPSA) is 37.8 Å². The van der Waals surface area contributed by atoms with Crippen LogP contribution in [0.3, 0.4) is 0 Å². The molecule has 0 saturated carbocycles. The summed E-state index contributed by atoms with van der Waals surface area (Å²) in [6.07, 6.45) is 0. The second-order valence-corrected chi connectivity index (χ2v) is 5.24. The summed E-state index contributed by atoms with van der Waals surface area (Å²) in [5.41, 5.74) is 1.66. The van der Waals surface area contributed by atoms with Crippen molar-refractivity contribution >= 4 is 44.8 Å². The molecule has 0 amide bonds. The van der Waals surface area contributed by atoms with Crippen molar-refractivity contribution in [2.75, 3.05) is 5.32 Å². The Labute approximate surface area is 124 Å². The third-order valence-corrected chi connectivity index (χ3v) is 3.67. The normalized spacial score (nSPS) is 10.4. The minimum absolute atomic E-state index is 0.333. The molecule has 1 heterocycles. The first kappa shape index (κ1) is 13.6. The summed E-state index contributed by atoms with van der Waals surface area (Å²) in [5.74, 6) is 0.552. The number of aryl methyl sites for hydroxylation is 1. The van der Waals surface area contributed by atoms with Crippen LogP contribution in [0.15, 0.2) is 28.7 Å². The van der Waals surface area contributed by atoms with Gasteiger partial charge >= 0.3 is 0 Å². The molecule has 3 nitrogen and oxygen atoms in total. The molecule has 1 N–H and O–H groups in total. The lowest BCUT2D eigenvalue weighted by molar-refractivity contribution is 1.03. The quantitative estimate of drug-likeness (QED) is 0.833. The molecule has 0 radical (unpaired) electrons. The van der Waals surface area contributed by atoms with E-state index in [0.717, 1.165) is 10.0 Å². The Hall–Kier alpha value is -0.840. The molecule has 0 atom stereocenters. The second-order valence-electron chi connectivity index (χ2n) is 3.67. The van der Waals surface area contributed by atoms with Gasteiger partial charge in [0.1, 0.15) is 11.5 Å². The summed E-state index contributed by atoms with van der Waals surface area (Å²) < 4.78 is 1.03. The molecule has 94 valence electrons. The van der Waals surface area contributed by atoms with Gasteiger partial charge in [0.25, 0.3) is 0 Å². The fraction of sp³-hybridized carbons (Fsp3) is 0.167. The Morgan fingerprint density at radius 1 is 1.17 bits per heavy atom. The highest BCUT2D eigenvalue weighted by Gasteiger charge is 2.10. The molecule has 0 saturated heterocycles. The Bertz CT molecular complexity index is 552. The number of rotatable bonds is 3. The van der Waals surface area contributed by atoms with E-state index in [1.54, 1.807) is 6.92 Å². The zero-order chi connectivity index (χ0) is 13.1. The number of hydrogen-bond acceptors (Lipinski definition) is 3. The van der Waals surface area contributed by atoms with E-state index in [9.17, 15) is 0 Å². The average Bonchev–Trinajstić information content (AvgIpc) is 2.30. The lowest BCUT2D eigenvalue weighted by atomic mass is 10.2. The van der Waals surface area contributed by atoms with Crippen molar-refractivity contribution in [3.63, 3.8) is 0 Å². The summed E-state index contributed by atoms with van der Waals surface area (Å²) in [5, 5.41) is 3.81. The number of nitrogens with zero attached hydrogens (tertiary/aromatic N) is 2. The maximum absolute atomic E-state index is 6.03. The summed E-state index contributed by atoms with van der Waals surface area (Å²) in [7, 11) is 0. The van der Waals surface area contributed by atoms with Gasteiger partial charge in [0.15, 0.2) is 10.3 Å². The lowest BCUT2D eigenvalue weighted by Crippen LogP contribution is -2.04. The third-order valence-electron chi connectivity index (χ3n) is 2.35. The summed E-state index contributed by atoms with van der Waals surface area (Å²) in [4.78, 5) is 8.13. The molecular weight excluding hydrogens is 337 g/mol. The van der Waals surface area contributed by atoms with Gasteiger partial charge in [0, 0.05) is 11.0 Å². The molecule has 0 spiro atoms. The van der Waals surface area contributed by atoms with Crippen LogP contribution in [0.2, 0.25) is 10.3 Å². The smallest absolute Gasteiger partial charge is 0.157 e.